The van der Waals surface area contributed by atoms with Crippen molar-refractivity contribution >= 4 is 5.69 Å². The van der Waals surface area contributed by atoms with Crippen LogP contribution in [0.5, 0.6) is 0 Å². The summed E-state index contributed by atoms with van der Waals surface area (Å²) >= 11 is 0. The lowest BCUT2D eigenvalue weighted by atomic mass is 9.77. The van der Waals surface area contributed by atoms with E-state index in [2.05, 4.69) is 16.7 Å². The molecular weight excluding hydrogens is 215 g/mol. The molecule has 0 amide bonds. The van der Waals surface area contributed by atoms with Crippen LogP contribution in [0.4, 0.5) is 10.1 Å². The molecule has 17 heavy (non-hydrogen) atoms. The van der Waals surface area contributed by atoms with Crippen LogP contribution in [-0.2, 0) is 0 Å². The summed E-state index contributed by atoms with van der Waals surface area (Å²) < 4.78 is 13.7. The number of piperidine rings is 1. The van der Waals surface area contributed by atoms with Gasteiger partial charge in [-0.1, -0.05) is 12.1 Å². The maximum atomic E-state index is 13.7. The Hall–Kier alpha value is -1.09. The molecule has 0 aliphatic carbocycles. The summed E-state index contributed by atoms with van der Waals surface area (Å²) in [5.74, 6) is 1.09. The van der Waals surface area contributed by atoms with E-state index in [1.165, 1.54) is 18.4 Å². The standard InChI is InChI=1S/C14H19FN2/c15-13-5-1-4-12-11(6-8-17-14(12)13)10-3-2-7-16-9-10/h1,4-5,10-11,16-17H,2-3,6-9H2. The molecule has 2 atom stereocenters. The molecule has 0 spiro atoms. The summed E-state index contributed by atoms with van der Waals surface area (Å²) in [6, 6.07) is 5.47. The van der Waals surface area contributed by atoms with E-state index in [1.807, 2.05) is 6.07 Å². The smallest absolute Gasteiger partial charge is 0.146 e. The summed E-state index contributed by atoms with van der Waals surface area (Å²) in [5, 5.41) is 6.67. The highest BCUT2D eigenvalue weighted by atomic mass is 19.1. The van der Waals surface area contributed by atoms with Crippen LogP contribution in [-0.4, -0.2) is 19.6 Å². The molecule has 2 aliphatic heterocycles. The van der Waals surface area contributed by atoms with E-state index in [0.29, 0.717) is 11.8 Å². The average molecular weight is 234 g/mol. The summed E-state index contributed by atoms with van der Waals surface area (Å²) in [4.78, 5) is 0. The number of rotatable bonds is 1. The molecule has 2 heterocycles. The molecule has 3 rings (SSSR count). The maximum Gasteiger partial charge on any atom is 0.146 e. The predicted octanol–water partition coefficient (Wildman–Crippen LogP) is 2.72. The minimum absolute atomic E-state index is 0.101. The molecule has 1 aromatic rings. The number of hydrogen-bond acceptors (Lipinski definition) is 2. The highest BCUT2D eigenvalue weighted by Gasteiger charge is 2.29. The Bertz CT molecular complexity index is 399. The second kappa shape index (κ2) is 4.65. The first-order valence-corrected chi connectivity index (χ1v) is 6.59. The molecule has 2 N–H and O–H groups in total. The molecule has 2 nitrogen and oxygen atoms in total. The van der Waals surface area contributed by atoms with E-state index in [0.717, 1.165) is 31.7 Å². The minimum atomic E-state index is -0.101. The molecule has 3 heteroatoms. The first-order chi connectivity index (χ1) is 8.36. The third-order valence-corrected chi connectivity index (χ3v) is 4.11. The van der Waals surface area contributed by atoms with E-state index in [9.17, 15) is 4.39 Å². The monoisotopic (exact) mass is 234 g/mol. The molecule has 0 saturated carbocycles. The van der Waals surface area contributed by atoms with Crippen molar-refractivity contribution in [1.29, 1.82) is 0 Å². The molecule has 2 aliphatic rings. The maximum absolute atomic E-state index is 13.7. The van der Waals surface area contributed by atoms with Crippen LogP contribution in [0.3, 0.4) is 0 Å². The lowest BCUT2D eigenvalue weighted by Gasteiger charge is -2.35. The zero-order chi connectivity index (χ0) is 11.7. The molecule has 92 valence electrons. The van der Waals surface area contributed by atoms with Gasteiger partial charge < -0.3 is 10.6 Å². The number of halogens is 1. The van der Waals surface area contributed by atoms with Crippen molar-refractivity contribution in [2.24, 2.45) is 5.92 Å². The predicted molar refractivity (Wildman–Crippen MR) is 67.8 cm³/mol. The quantitative estimate of drug-likeness (QED) is 0.780. The normalized spacial score (nSPS) is 28.3. The van der Waals surface area contributed by atoms with Gasteiger partial charge in [-0.2, -0.15) is 0 Å². The lowest BCUT2D eigenvalue weighted by Crippen LogP contribution is -2.35. The highest BCUT2D eigenvalue weighted by Crippen LogP contribution is 2.39. The minimum Gasteiger partial charge on any atom is -0.382 e. The number of nitrogens with one attached hydrogen (secondary N) is 2. The zero-order valence-corrected chi connectivity index (χ0v) is 10.0. The summed E-state index contributed by atoms with van der Waals surface area (Å²) in [6.07, 6.45) is 3.65. The largest absolute Gasteiger partial charge is 0.382 e. The van der Waals surface area contributed by atoms with Crippen molar-refractivity contribution in [2.45, 2.75) is 25.2 Å². The second-order valence-corrected chi connectivity index (χ2v) is 5.13. The molecule has 1 aromatic carbocycles. The van der Waals surface area contributed by atoms with Gasteiger partial charge in [0.15, 0.2) is 0 Å². The Morgan fingerprint density at radius 2 is 2.12 bits per heavy atom. The molecule has 0 bridgehead atoms. The molecular formula is C14H19FN2. The van der Waals surface area contributed by atoms with Crippen molar-refractivity contribution in [3.05, 3.63) is 29.6 Å². The van der Waals surface area contributed by atoms with Gasteiger partial charge in [-0.05, 0) is 55.8 Å². The van der Waals surface area contributed by atoms with Crippen molar-refractivity contribution in [1.82, 2.24) is 5.32 Å². The van der Waals surface area contributed by atoms with Crippen LogP contribution in [0.1, 0.15) is 30.7 Å². The number of benzene rings is 1. The number of para-hydroxylation sites is 1. The van der Waals surface area contributed by atoms with Crippen molar-refractivity contribution in [3.63, 3.8) is 0 Å². The fourth-order valence-electron chi connectivity index (χ4n) is 3.26. The molecule has 0 aromatic heterocycles. The van der Waals surface area contributed by atoms with Gasteiger partial charge in [0.2, 0.25) is 0 Å². The summed E-state index contributed by atoms with van der Waals surface area (Å²) in [6.45, 7) is 3.12. The average Bonchev–Trinajstić information content (AvgIpc) is 2.40. The van der Waals surface area contributed by atoms with Crippen LogP contribution in [0, 0.1) is 11.7 Å². The fraction of sp³-hybridized carbons (Fsp3) is 0.571. The van der Waals surface area contributed by atoms with Crippen molar-refractivity contribution in [2.75, 3.05) is 25.0 Å². The zero-order valence-electron chi connectivity index (χ0n) is 10.0. The first kappa shape index (κ1) is 11.0. The van der Waals surface area contributed by atoms with Gasteiger partial charge in [-0.25, -0.2) is 4.39 Å². The SMILES string of the molecule is Fc1cccc2c1NCCC2C1CCCNC1. The van der Waals surface area contributed by atoms with E-state index in [-0.39, 0.29) is 5.82 Å². The molecule has 1 fully saturated rings. The number of hydrogen-bond donors (Lipinski definition) is 2. The van der Waals surface area contributed by atoms with Crippen molar-refractivity contribution in [3.8, 4) is 0 Å². The van der Waals surface area contributed by atoms with E-state index in [4.69, 9.17) is 0 Å². The summed E-state index contributed by atoms with van der Waals surface area (Å²) in [5.41, 5.74) is 1.93. The number of fused-ring (bicyclic) bond motifs is 1. The van der Waals surface area contributed by atoms with E-state index < -0.39 is 0 Å². The number of anilines is 1. The second-order valence-electron chi connectivity index (χ2n) is 5.13. The molecule has 2 unspecified atom stereocenters. The topological polar surface area (TPSA) is 24.1 Å². The summed E-state index contributed by atoms with van der Waals surface area (Å²) in [7, 11) is 0. The Balaban J connectivity index is 1.90. The van der Waals surface area contributed by atoms with Gasteiger partial charge in [-0.3, -0.25) is 0 Å². The van der Waals surface area contributed by atoms with Gasteiger partial charge in [0.25, 0.3) is 0 Å². The van der Waals surface area contributed by atoms with Crippen LogP contribution in [0.2, 0.25) is 0 Å². The Labute approximate surface area is 102 Å². The third kappa shape index (κ3) is 2.04. The van der Waals surface area contributed by atoms with Gasteiger partial charge in [0.1, 0.15) is 5.82 Å². The lowest BCUT2D eigenvalue weighted by molar-refractivity contribution is 0.311. The van der Waals surface area contributed by atoms with Gasteiger partial charge >= 0.3 is 0 Å². The van der Waals surface area contributed by atoms with E-state index in [1.54, 1.807) is 6.07 Å². The molecule has 0 radical (unpaired) electrons. The van der Waals surface area contributed by atoms with E-state index >= 15 is 0 Å². The highest BCUT2D eigenvalue weighted by molar-refractivity contribution is 5.56. The first-order valence-electron chi connectivity index (χ1n) is 6.59. The fourth-order valence-corrected chi connectivity index (χ4v) is 3.26. The van der Waals surface area contributed by atoms with Crippen LogP contribution >= 0.6 is 0 Å². The van der Waals surface area contributed by atoms with Crippen molar-refractivity contribution < 1.29 is 4.39 Å². The van der Waals surface area contributed by atoms with Crippen LogP contribution < -0.4 is 10.6 Å². The third-order valence-electron chi connectivity index (χ3n) is 4.11. The van der Waals surface area contributed by atoms with Gasteiger partial charge in [0.05, 0.1) is 5.69 Å². The van der Waals surface area contributed by atoms with Crippen LogP contribution in [0.25, 0.3) is 0 Å². The Morgan fingerprint density at radius 1 is 1.18 bits per heavy atom. The van der Waals surface area contributed by atoms with Gasteiger partial charge in [-0.15, -0.1) is 0 Å². The molecule has 1 saturated heterocycles. The Kier molecular flexibility index (Phi) is 3.02. The van der Waals surface area contributed by atoms with Crippen LogP contribution in [0.15, 0.2) is 18.2 Å². The Morgan fingerprint density at radius 3 is 2.94 bits per heavy atom. The van der Waals surface area contributed by atoms with Gasteiger partial charge in [0, 0.05) is 6.54 Å².